The fourth-order valence-electron chi connectivity index (χ4n) is 3.66. The average molecular weight is 403 g/mol. The van der Waals surface area contributed by atoms with Crippen LogP contribution in [0.2, 0.25) is 0 Å². The molecule has 7 nitrogen and oxygen atoms in total. The van der Waals surface area contributed by atoms with Gasteiger partial charge in [-0.15, -0.1) is 0 Å². The molecule has 154 valence electrons. The molecule has 0 amide bonds. The van der Waals surface area contributed by atoms with Crippen molar-refractivity contribution in [2.75, 3.05) is 11.9 Å². The fraction of sp³-hybridized carbons (Fsp3) is 0.261. The molecule has 4 rings (SSSR count). The Bertz CT molecular complexity index is 1320. The number of nitrogens with one attached hydrogen (secondary N) is 1. The largest absolute Gasteiger partial charge is 0.355 e. The second-order valence-electron chi connectivity index (χ2n) is 7.49. The summed E-state index contributed by atoms with van der Waals surface area (Å²) >= 11 is 0. The fourth-order valence-corrected chi connectivity index (χ4v) is 3.66. The van der Waals surface area contributed by atoms with E-state index in [0.717, 1.165) is 22.1 Å². The van der Waals surface area contributed by atoms with Gasteiger partial charge in [-0.1, -0.05) is 54.6 Å². The lowest BCUT2D eigenvalue weighted by atomic mass is 10.1. The molecule has 0 atom stereocenters. The molecule has 4 aromatic rings. The third kappa shape index (κ3) is 3.54. The van der Waals surface area contributed by atoms with Crippen molar-refractivity contribution in [1.29, 1.82) is 0 Å². The third-order valence-electron chi connectivity index (χ3n) is 5.48. The molecule has 0 saturated heterocycles. The molecule has 30 heavy (non-hydrogen) atoms. The van der Waals surface area contributed by atoms with Gasteiger partial charge < -0.3 is 5.32 Å². The highest BCUT2D eigenvalue weighted by Gasteiger charge is 2.19. The first-order valence-electron chi connectivity index (χ1n) is 9.96. The van der Waals surface area contributed by atoms with E-state index >= 15 is 0 Å². The molecule has 0 saturated carbocycles. The van der Waals surface area contributed by atoms with Crippen molar-refractivity contribution in [3.05, 3.63) is 92.1 Å². The van der Waals surface area contributed by atoms with Gasteiger partial charge in [-0.2, -0.15) is 4.98 Å². The first kappa shape index (κ1) is 19.7. The minimum absolute atomic E-state index is 0.342. The summed E-state index contributed by atoms with van der Waals surface area (Å²) in [7, 11) is 3.14. The predicted molar refractivity (Wildman–Crippen MR) is 119 cm³/mol. The van der Waals surface area contributed by atoms with Gasteiger partial charge in [0.05, 0.1) is 6.54 Å². The van der Waals surface area contributed by atoms with Crippen molar-refractivity contribution in [2.24, 2.45) is 14.1 Å². The monoisotopic (exact) mass is 403 g/mol. The van der Waals surface area contributed by atoms with Crippen LogP contribution < -0.4 is 16.6 Å². The van der Waals surface area contributed by atoms with Crippen molar-refractivity contribution >= 4 is 17.1 Å². The number of nitrogens with zero attached hydrogens (tertiary/aromatic N) is 4. The molecule has 7 heteroatoms. The first-order chi connectivity index (χ1) is 14.5. The van der Waals surface area contributed by atoms with E-state index in [9.17, 15) is 9.59 Å². The lowest BCUT2D eigenvalue weighted by molar-refractivity contribution is 0.702. The zero-order valence-corrected chi connectivity index (χ0v) is 17.4. The molecular weight excluding hydrogens is 378 g/mol. The van der Waals surface area contributed by atoms with Crippen LogP contribution in [-0.2, 0) is 27.1 Å². The van der Waals surface area contributed by atoms with Crippen LogP contribution in [0.3, 0.4) is 0 Å². The topological polar surface area (TPSA) is 73.8 Å². The summed E-state index contributed by atoms with van der Waals surface area (Å²) in [5.74, 6) is 0.586. The minimum atomic E-state index is -0.385. The molecule has 0 unspecified atom stereocenters. The number of fused-ring (bicyclic) bond motifs is 1. The number of rotatable bonds is 6. The van der Waals surface area contributed by atoms with Gasteiger partial charge in [0, 0.05) is 20.6 Å². The van der Waals surface area contributed by atoms with Crippen LogP contribution in [0.4, 0.5) is 5.95 Å². The van der Waals surface area contributed by atoms with E-state index in [1.54, 1.807) is 7.05 Å². The van der Waals surface area contributed by atoms with Crippen molar-refractivity contribution in [3.63, 3.8) is 0 Å². The van der Waals surface area contributed by atoms with Crippen LogP contribution >= 0.6 is 0 Å². The zero-order valence-electron chi connectivity index (χ0n) is 17.4. The lowest BCUT2D eigenvalue weighted by Crippen LogP contribution is -2.37. The summed E-state index contributed by atoms with van der Waals surface area (Å²) in [5.41, 5.74) is 3.53. The highest BCUT2D eigenvalue weighted by molar-refractivity contribution is 5.74. The summed E-state index contributed by atoms with van der Waals surface area (Å²) < 4.78 is 4.43. The number of hydrogen-bond acceptors (Lipinski definition) is 4. The molecule has 2 aromatic heterocycles. The molecule has 0 spiro atoms. The van der Waals surface area contributed by atoms with Crippen molar-refractivity contribution in [1.82, 2.24) is 18.7 Å². The SMILES string of the molecule is Cc1ccccc1Cn1c(NCCc2ccccc2)nc2c1c(=O)n(C)c(=O)n2C. The van der Waals surface area contributed by atoms with Crippen molar-refractivity contribution < 1.29 is 0 Å². The summed E-state index contributed by atoms with van der Waals surface area (Å²) in [6, 6.07) is 18.3. The minimum Gasteiger partial charge on any atom is -0.355 e. The molecule has 2 heterocycles. The molecular formula is C23H25N5O2. The Morgan fingerprint density at radius 2 is 1.63 bits per heavy atom. The van der Waals surface area contributed by atoms with E-state index in [1.807, 2.05) is 54.0 Å². The van der Waals surface area contributed by atoms with E-state index in [1.165, 1.54) is 17.2 Å². The normalized spacial score (nSPS) is 11.2. The third-order valence-corrected chi connectivity index (χ3v) is 5.48. The average Bonchev–Trinajstić information content (AvgIpc) is 3.11. The van der Waals surface area contributed by atoms with Crippen LogP contribution in [0, 0.1) is 6.92 Å². The van der Waals surface area contributed by atoms with Gasteiger partial charge in [-0.05, 0) is 30.0 Å². The van der Waals surface area contributed by atoms with Crippen LogP contribution in [0.1, 0.15) is 16.7 Å². The smallest absolute Gasteiger partial charge is 0.332 e. The Hall–Kier alpha value is -3.61. The lowest BCUT2D eigenvalue weighted by Gasteiger charge is -2.12. The quantitative estimate of drug-likeness (QED) is 0.537. The molecule has 1 N–H and O–H groups in total. The van der Waals surface area contributed by atoms with E-state index in [0.29, 0.717) is 30.2 Å². The van der Waals surface area contributed by atoms with Gasteiger partial charge >= 0.3 is 5.69 Å². The summed E-state index contributed by atoms with van der Waals surface area (Å²) in [4.78, 5) is 30.0. The zero-order chi connectivity index (χ0) is 21.3. The summed E-state index contributed by atoms with van der Waals surface area (Å²) in [6.07, 6.45) is 0.825. The van der Waals surface area contributed by atoms with Crippen molar-refractivity contribution in [2.45, 2.75) is 19.9 Å². The second-order valence-corrected chi connectivity index (χ2v) is 7.49. The highest BCUT2D eigenvalue weighted by Crippen LogP contribution is 2.19. The van der Waals surface area contributed by atoms with Gasteiger partial charge in [0.2, 0.25) is 5.95 Å². The van der Waals surface area contributed by atoms with E-state index in [-0.39, 0.29) is 11.2 Å². The number of aromatic nitrogens is 4. The Balaban J connectivity index is 1.79. The molecule has 0 fully saturated rings. The molecule has 0 radical (unpaired) electrons. The molecule has 2 aromatic carbocycles. The van der Waals surface area contributed by atoms with Gasteiger partial charge in [-0.3, -0.25) is 18.5 Å². The number of aryl methyl sites for hydroxylation is 2. The maximum Gasteiger partial charge on any atom is 0.332 e. The number of hydrogen-bond donors (Lipinski definition) is 1. The molecule has 0 bridgehead atoms. The Kier molecular flexibility index (Phi) is 5.27. The van der Waals surface area contributed by atoms with Gasteiger partial charge in [0.15, 0.2) is 11.2 Å². The van der Waals surface area contributed by atoms with Gasteiger partial charge in [-0.25, -0.2) is 4.79 Å². The highest BCUT2D eigenvalue weighted by atomic mass is 16.2. The maximum absolute atomic E-state index is 13.0. The van der Waals surface area contributed by atoms with Crippen LogP contribution in [0.5, 0.6) is 0 Å². The van der Waals surface area contributed by atoms with Gasteiger partial charge in [0.1, 0.15) is 0 Å². The number of benzene rings is 2. The molecule has 0 aliphatic heterocycles. The standard InChI is InChI=1S/C23H25N5O2/c1-16-9-7-8-12-18(16)15-28-19-20(26(2)23(30)27(3)21(19)29)25-22(28)24-14-13-17-10-5-4-6-11-17/h4-12H,13-15H2,1-3H3,(H,24,25). The maximum atomic E-state index is 13.0. The van der Waals surface area contributed by atoms with Crippen LogP contribution in [0.25, 0.3) is 11.2 Å². The van der Waals surface area contributed by atoms with Crippen molar-refractivity contribution in [3.8, 4) is 0 Å². The number of anilines is 1. The van der Waals surface area contributed by atoms with E-state index < -0.39 is 0 Å². The summed E-state index contributed by atoms with van der Waals surface area (Å²) in [5, 5.41) is 3.37. The van der Waals surface area contributed by atoms with Crippen LogP contribution in [0.15, 0.2) is 64.2 Å². The van der Waals surface area contributed by atoms with Gasteiger partial charge in [0.25, 0.3) is 5.56 Å². The first-order valence-corrected chi connectivity index (χ1v) is 9.96. The summed E-state index contributed by atoms with van der Waals surface area (Å²) in [6.45, 7) is 3.20. The molecule has 0 aliphatic carbocycles. The van der Waals surface area contributed by atoms with E-state index in [2.05, 4.69) is 22.4 Å². The Morgan fingerprint density at radius 3 is 2.37 bits per heavy atom. The van der Waals surface area contributed by atoms with E-state index in [4.69, 9.17) is 0 Å². The Labute approximate surface area is 174 Å². The number of imidazole rings is 1. The molecule has 0 aliphatic rings. The predicted octanol–water partition coefficient (Wildman–Crippen LogP) is 2.45. The Morgan fingerprint density at radius 1 is 0.933 bits per heavy atom. The van der Waals surface area contributed by atoms with Crippen LogP contribution in [-0.4, -0.2) is 25.2 Å². The second kappa shape index (κ2) is 8.02.